The zero-order valence-corrected chi connectivity index (χ0v) is 12.3. The maximum Gasteiger partial charge on any atom is 0.104 e. The van der Waals surface area contributed by atoms with E-state index in [1.807, 2.05) is 0 Å². The van der Waals surface area contributed by atoms with Gasteiger partial charge in [-0.1, -0.05) is 60.7 Å². The predicted molar refractivity (Wildman–Crippen MR) is 76.0 cm³/mol. The molecule has 0 aliphatic carbocycles. The van der Waals surface area contributed by atoms with E-state index in [-0.39, 0.29) is 17.9 Å². The molecule has 0 amide bonds. The molecule has 0 bridgehead atoms. The summed E-state index contributed by atoms with van der Waals surface area (Å²) in [5.41, 5.74) is 2.79. The molecule has 0 saturated heterocycles. The highest BCUT2D eigenvalue weighted by Gasteiger charge is 2.16. The van der Waals surface area contributed by atoms with Crippen molar-refractivity contribution in [3.8, 4) is 0 Å². The van der Waals surface area contributed by atoms with Crippen LogP contribution in [0.15, 0.2) is 60.7 Å². The van der Waals surface area contributed by atoms with E-state index in [9.17, 15) is 0 Å². The molecule has 2 aromatic rings. The zero-order chi connectivity index (χ0) is 12.1. The average molecular weight is 280 g/mol. The monoisotopic (exact) mass is 279 g/mol. The Kier molecular flexibility index (Phi) is 7.38. The van der Waals surface area contributed by atoms with Crippen LogP contribution in [0.1, 0.15) is 11.1 Å². The Balaban J connectivity index is 0.00000162. The van der Waals surface area contributed by atoms with Crippen molar-refractivity contribution in [1.82, 2.24) is 0 Å². The Morgan fingerprint density at radius 1 is 0.684 bits per heavy atom. The van der Waals surface area contributed by atoms with E-state index in [1.54, 1.807) is 0 Å². The van der Waals surface area contributed by atoms with E-state index in [2.05, 4.69) is 74.8 Å². The van der Waals surface area contributed by atoms with E-state index < -0.39 is 0 Å². The molecule has 0 unspecified atom stereocenters. The second kappa shape index (κ2) is 7.95. The van der Waals surface area contributed by atoms with Crippen LogP contribution in [0.4, 0.5) is 0 Å². The normalized spacial score (nSPS) is 10.2. The standard InChI is InChI=1S/C16H20N.ClH.H2O/c1-17(2,13-15-9-5-3-6-10-15)14-16-11-7-4-8-12-16;;/h3-12H,13-14H2,1-2H3;1H;1H2/q+1;;/p-1. The van der Waals surface area contributed by atoms with E-state index in [0.717, 1.165) is 17.6 Å². The number of rotatable bonds is 4. The Labute approximate surface area is 122 Å². The highest BCUT2D eigenvalue weighted by Crippen LogP contribution is 2.14. The summed E-state index contributed by atoms with van der Waals surface area (Å²) in [5.74, 6) is 0. The molecule has 2 rings (SSSR count). The van der Waals surface area contributed by atoms with E-state index >= 15 is 0 Å². The second-order valence-electron chi connectivity index (χ2n) is 5.22. The van der Waals surface area contributed by atoms with Crippen molar-refractivity contribution in [2.45, 2.75) is 13.1 Å². The van der Waals surface area contributed by atoms with Gasteiger partial charge in [0.1, 0.15) is 13.1 Å². The molecule has 2 N–H and O–H groups in total. The van der Waals surface area contributed by atoms with Gasteiger partial charge in [-0.2, -0.15) is 0 Å². The van der Waals surface area contributed by atoms with Crippen LogP contribution in [-0.4, -0.2) is 24.1 Å². The molecule has 0 aromatic heterocycles. The minimum atomic E-state index is 0. The molecular formula is C16H22ClNO. The van der Waals surface area contributed by atoms with Crippen LogP contribution in [0.2, 0.25) is 0 Å². The van der Waals surface area contributed by atoms with Gasteiger partial charge in [0, 0.05) is 11.1 Å². The summed E-state index contributed by atoms with van der Waals surface area (Å²) in [4.78, 5) is 0. The van der Waals surface area contributed by atoms with Gasteiger partial charge in [-0.15, -0.1) is 0 Å². The van der Waals surface area contributed by atoms with Gasteiger partial charge in [0.15, 0.2) is 0 Å². The largest absolute Gasteiger partial charge is 1.00 e. The topological polar surface area (TPSA) is 31.5 Å². The molecule has 0 fully saturated rings. The first-order chi connectivity index (χ1) is 8.16. The first-order valence-corrected chi connectivity index (χ1v) is 6.06. The molecular weight excluding hydrogens is 258 g/mol. The van der Waals surface area contributed by atoms with Crippen molar-refractivity contribution >= 4 is 0 Å². The fraction of sp³-hybridized carbons (Fsp3) is 0.250. The third-order valence-electron chi connectivity index (χ3n) is 2.91. The molecule has 0 saturated carbocycles. The van der Waals surface area contributed by atoms with Crippen LogP contribution in [-0.2, 0) is 13.1 Å². The van der Waals surface area contributed by atoms with Gasteiger partial charge >= 0.3 is 0 Å². The highest BCUT2D eigenvalue weighted by molar-refractivity contribution is 5.15. The molecule has 2 aromatic carbocycles. The lowest BCUT2D eigenvalue weighted by atomic mass is 10.1. The van der Waals surface area contributed by atoms with Crippen LogP contribution in [0.5, 0.6) is 0 Å². The summed E-state index contributed by atoms with van der Waals surface area (Å²) in [6.45, 7) is 2.13. The minimum absolute atomic E-state index is 0. The second-order valence-corrected chi connectivity index (χ2v) is 5.22. The summed E-state index contributed by atoms with van der Waals surface area (Å²) < 4.78 is 0.980. The third kappa shape index (κ3) is 5.88. The van der Waals surface area contributed by atoms with Gasteiger partial charge in [-0.05, 0) is 0 Å². The van der Waals surface area contributed by atoms with Crippen molar-refractivity contribution in [3.05, 3.63) is 71.8 Å². The Hall–Kier alpha value is -1.35. The Bertz CT molecular complexity index is 413. The average Bonchev–Trinajstić information content (AvgIpc) is 2.30. The van der Waals surface area contributed by atoms with Gasteiger partial charge in [0.2, 0.25) is 0 Å². The zero-order valence-electron chi connectivity index (χ0n) is 11.5. The van der Waals surface area contributed by atoms with Gasteiger partial charge in [0.25, 0.3) is 0 Å². The third-order valence-corrected chi connectivity index (χ3v) is 2.91. The van der Waals surface area contributed by atoms with Gasteiger partial charge in [-0.3, -0.25) is 0 Å². The maximum absolute atomic E-state index is 2.28. The molecule has 0 spiro atoms. The molecule has 0 atom stereocenters. The number of benzene rings is 2. The Morgan fingerprint density at radius 3 is 1.32 bits per heavy atom. The summed E-state index contributed by atoms with van der Waals surface area (Å²) in [6.07, 6.45) is 0. The fourth-order valence-corrected chi connectivity index (χ4v) is 2.21. The van der Waals surface area contributed by atoms with E-state index in [1.165, 1.54) is 11.1 Å². The summed E-state index contributed by atoms with van der Waals surface area (Å²) in [7, 11) is 4.56. The SMILES string of the molecule is C[N+](C)(Cc1ccccc1)Cc1ccccc1.O.[Cl-]. The van der Waals surface area contributed by atoms with Crippen molar-refractivity contribution in [2.75, 3.05) is 14.1 Å². The number of quaternary nitrogens is 1. The van der Waals surface area contributed by atoms with E-state index in [4.69, 9.17) is 0 Å². The lowest BCUT2D eigenvalue weighted by Gasteiger charge is -2.30. The van der Waals surface area contributed by atoms with Crippen LogP contribution in [0, 0.1) is 0 Å². The molecule has 0 aliphatic rings. The quantitative estimate of drug-likeness (QED) is 0.685. The summed E-state index contributed by atoms with van der Waals surface area (Å²) >= 11 is 0. The number of halogens is 1. The predicted octanol–water partition coefficient (Wildman–Crippen LogP) is -0.357. The number of nitrogens with zero attached hydrogens (tertiary/aromatic N) is 1. The molecule has 0 aliphatic heterocycles. The van der Waals surface area contributed by atoms with Crippen LogP contribution < -0.4 is 12.4 Å². The van der Waals surface area contributed by atoms with Crippen molar-refractivity contribution < 1.29 is 22.4 Å². The fourth-order valence-electron chi connectivity index (χ4n) is 2.21. The molecule has 0 radical (unpaired) electrons. The molecule has 2 nitrogen and oxygen atoms in total. The van der Waals surface area contributed by atoms with Crippen LogP contribution >= 0.6 is 0 Å². The van der Waals surface area contributed by atoms with Crippen molar-refractivity contribution in [2.24, 2.45) is 0 Å². The maximum atomic E-state index is 2.28. The molecule has 19 heavy (non-hydrogen) atoms. The molecule has 3 heteroatoms. The lowest BCUT2D eigenvalue weighted by molar-refractivity contribution is -0.916. The first kappa shape index (κ1) is 17.6. The first-order valence-electron chi connectivity index (χ1n) is 6.06. The van der Waals surface area contributed by atoms with Crippen molar-refractivity contribution in [1.29, 1.82) is 0 Å². The van der Waals surface area contributed by atoms with Crippen LogP contribution in [0.25, 0.3) is 0 Å². The number of hydrogen-bond acceptors (Lipinski definition) is 0. The smallest absolute Gasteiger partial charge is 0.104 e. The van der Waals surface area contributed by atoms with Gasteiger partial charge < -0.3 is 22.4 Å². The molecule has 104 valence electrons. The van der Waals surface area contributed by atoms with E-state index in [0.29, 0.717) is 0 Å². The molecule has 0 heterocycles. The summed E-state index contributed by atoms with van der Waals surface area (Å²) in [6, 6.07) is 21.4. The van der Waals surface area contributed by atoms with Crippen molar-refractivity contribution in [3.63, 3.8) is 0 Å². The van der Waals surface area contributed by atoms with Gasteiger partial charge in [0.05, 0.1) is 14.1 Å². The highest BCUT2D eigenvalue weighted by atomic mass is 35.5. The van der Waals surface area contributed by atoms with Gasteiger partial charge in [-0.25, -0.2) is 0 Å². The minimum Gasteiger partial charge on any atom is -1.00 e. The number of hydrogen-bond donors (Lipinski definition) is 0. The van der Waals surface area contributed by atoms with Crippen LogP contribution in [0.3, 0.4) is 0 Å². The lowest BCUT2D eigenvalue weighted by Crippen LogP contribution is -3.00. The Morgan fingerprint density at radius 2 is 1.00 bits per heavy atom. The summed E-state index contributed by atoms with van der Waals surface area (Å²) in [5, 5.41) is 0.